The number of halogens is 1. The van der Waals surface area contributed by atoms with E-state index in [1.807, 2.05) is 25.1 Å². The molecule has 27 heavy (non-hydrogen) atoms. The van der Waals surface area contributed by atoms with Crippen molar-refractivity contribution in [3.63, 3.8) is 0 Å². The molecule has 1 amide bonds. The number of benzene rings is 1. The van der Waals surface area contributed by atoms with Crippen molar-refractivity contribution in [2.45, 2.75) is 58.2 Å². The number of nitrogens with one attached hydrogen (secondary N) is 1. The first-order valence-corrected chi connectivity index (χ1v) is 10.4. The van der Waals surface area contributed by atoms with E-state index in [4.69, 9.17) is 11.6 Å². The van der Waals surface area contributed by atoms with E-state index in [0.29, 0.717) is 19.1 Å². The van der Waals surface area contributed by atoms with Crippen molar-refractivity contribution in [2.75, 3.05) is 13.1 Å². The van der Waals surface area contributed by atoms with Crippen LogP contribution in [0.3, 0.4) is 0 Å². The first-order chi connectivity index (χ1) is 13.2. The van der Waals surface area contributed by atoms with Gasteiger partial charge in [0.25, 0.3) is 0 Å². The van der Waals surface area contributed by atoms with Crippen LogP contribution in [0, 0.1) is 0 Å². The normalized spacial score (nSPS) is 15.0. The molecular formula is C22H30ClN3O. The second-order valence-electron chi connectivity index (χ2n) is 7.31. The maximum absolute atomic E-state index is 12.9. The van der Waals surface area contributed by atoms with E-state index in [1.54, 1.807) is 0 Å². The Morgan fingerprint density at radius 3 is 2.70 bits per heavy atom. The van der Waals surface area contributed by atoms with Crippen molar-refractivity contribution >= 4 is 17.5 Å². The average molecular weight is 388 g/mol. The molecule has 5 heteroatoms. The molecule has 0 unspecified atom stereocenters. The van der Waals surface area contributed by atoms with Gasteiger partial charge < -0.3 is 14.8 Å². The van der Waals surface area contributed by atoms with Crippen molar-refractivity contribution in [1.29, 1.82) is 0 Å². The molecule has 146 valence electrons. The van der Waals surface area contributed by atoms with E-state index < -0.39 is 0 Å². The number of hydrogen-bond acceptors (Lipinski definition) is 2. The molecule has 1 aliphatic carbocycles. The summed E-state index contributed by atoms with van der Waals surface area (Å²) in [5.74, 6) is 0.203. The number of carbonyl (C=O) groups excluding carboxylic acids is 1. The maximum Gasteiger partial charge on any atom is 0.237 e. The molecule has 0 spiro atoms. The Morgan fingerprint density at radius 1 is 1.19 bits per heavy atom. The molecule has 0 atom stereocenters. The number of hydrogen-bond donors (Lipinski definition) is 1. The Morgan fingerprint density at radius 2 is 1.96 bits per heavy atom. The van der Waals surface area contributed by atoms with Gasteiger partial charge in [-0.1, -0.05) is 56.0 Å². The highest BCUT2D eigenvalue weighted by Crippen LogP contribution is 2.25. The predicted molar refractivity (Wildman–Crippen MR) is 111 cm³/mol. The van der Waals surface area contributed by atoms with Gasteiger partial charge >= 0.3 is 0 Å². The molecule has 1 aromatic heterocycles. The number of rotatable bonds is 8. The minimum absolute atomic E-state index is 0.203. The average Bonchev–Trinajstić information content (AvgIpc) is 3.13. The topological polar surface area (TPSA) is 37.3 Å². The smallest absolute Gasteiger partial charge is 0.237 e. The standard InChI is InChI=1S/C22H30ClN3O/c1-2-24-15-22(27)26(19-10-4-3-5-11-19)17-20-12-8-14-25(20)16-18-9-6-7-13-21(18)23/h6-9,12-14,19,24H,2-5,10-11,15-17H2,1H3. The monoisotopic (exact) mass is 387 g/mol. The minimum atomic E-state index is 0.203. The molecule has 1 aliphatic rings. The Bertz CT molecular complexity index is 737. The zero-order valence-electron chi connectivity index (χ0n) is 16.2. The zero-order valence-corrected chi connectivity index (χ0v) is 16.9. The highest BCUT2D eigenvalue weighted by Gasteiger charge is 2.26. The van der Waals surface area contributed by atoms with Gasteiger partial charge in [0.05, 0.1) is 13.1 Å². The van der Waals surface area contributed by atoms with Crippen LogP contribution in [-0.4, -0.2) is 34.5 Å². The summed E-state index contributed by atoms with van der Waals surface area (Å²) in [6.45, 7) is 4.65. The summed E-state index contributed by atoms with van der Waals surface area (Å²) >= 11 is 6.34. The largest absolute Gasteiger partial charge is 0.345 e. The Kier molecular flexibility index (Phi) is 7.36. The Balaban J connectivity index is 1.76. The van der Waals surface area contributed by atoms with Gasteiger partial charge in [-0.15, -0.1) is 0 Å². The van der Waals surface area contributed by atoms with E-state index in [9.17, 15) is 4.79 Å². The van der Waals surface area contributed by atoms with Gasteiger partial charge in [-0.3, -0.25) is 4.79 Å². The first kappa shape index (κ1) is 20.0. The van der Waals surface area contributed by atoms with Crippen LogP contribution in [0.15, 0.2) is 42.6 Å². The molecule has 1 aromatic carbocycles. The lowest BCUT2D eigenvalue weighted by atomic mass is 9.94. The minimum Gasteiger partial charge on any atom is -0.345 e. The van der Waals surface area contributed by atoms with Crippen molar-refractivity contribution in [3.8, 4) is 0 Å². The summed E-state index contributed by atoms with van der Waals surface area (Å²) in [6, 6.07) is 12.5. The van der Waals surface area contributed by atoms with Gasteiger partial charge in [-0.05, 0) is 43.1 Å². The fraction of sp³-hybridized carbons (Fsp3) is 0.500. The third-order valence-corrected chi connectivity index (χ3v) is 5.79. The maximum atomic E-state index is 12.9. The van der Waals surface area contributed by atoms with E-state index in [1.165, 1.54) is 19.3 Å². The van der Waals surface area contributed by atoms with Crippen LogP contribution < -0.4 is 5.32 Å². The molecular weight excluding hydrogens is 358 g/mol. The molecule has 1 fully saturated rings. The third kappa shape index (κ3) is 5.36. The number of carbonyl (C=O) groups is 1. The SMILES string of the molecule is CCNCC(=O)N(Cc1cccn1Cc1ccccc1Cl)C1CCCCC1. The predicted octanol–water partition coefficient (Wildman–Crippen LogP) is 4.46. The lowest BCUT2D eigenvalue weighted by Gasteiger charge is -2.35. The quantitative estimate of drug-likeness (QED) is 0.726. The second kappa shape index (κ2) is 9.95. The molecule has 2 aromatic rings. The lowest BCUT2D eigenvalue weighted by Crippen LogP contribution is -2.45. The molecule has 1 saturated carbocycles. The summed E-state index contributed by atoms with van der Waals surface area (Å²) in [5, 5.41) is 3.98. The number of aromatic nitrogens is 1. The van der Waals surface area contributed by atoms with Crippen LogP contribution in [0.4, 0.5) is 0 Å². The van der Waals surface area contributed by atoms with E-state index in [0.717, 1.165) is 42.2 Å². The first-order valence-electron chi connectivity index (χ1n) is 10.1. The number of nitrogens with zero attached hydrogens (tertiary/aromatic N) is 2. The summed E-state index contributed by atoms with van der Waals surface area (Å²) < 4.78 is 2.21. The van der Waals surface area contributed by atoms with E-state index in [2.05, 4.69) is 39.2 Å². The fourth-order valence-electron chi connectivity index (χ4n) is 3.88. The lowest BCUT2D eigenvalue weighted by molar-refractivity contribution is -0.134. The van der Waals surface area contributed by atoms with Gasteiger partial charge in [0.1, 0.15) is 0 Å². The summed E-state index contributed by atoms with van der Waals surface area (Å²) in [5.41, 5.74) is 2.25. The van der Waals surface area contributed by atoms with Crippen LogP contribution in [0.1, 0.15) is 50.3 Å². The Labute approximate surface area is 167 Å². The van der Waals surface area contributed by atoms with Gasteiger partial charge in [0.15, 0.2) is 0 Å². The molecule has 0 radical (unpaired) electrons. The fourth-order valence-corrected chi connectivity index (χ4v) is 4.07. The van der Waals surface area contributed by atoms with E-state index >= 15 is 0 Å². The van der Waals surface area contributed by atoms with Gasteiger partial charge in [-0.25, -0.2) is 0 Å². The molecule has 4 nitrogen and oxygen atoms in total. The highest BCUT2D eigenvalue weighted by molar-refractivity contribution is 6.31. The summed E-state index contributed by atoms with van der Waals surface area (Å²) in [4.78, 5) is 15.0. The molecule has 1 heterocycles. The zero-order chi connectivity index (χ0) is 19.1. The second-order valence-corrected chi connectivity index (χ2v) is 7.72. The molecule has 0 bridgehead atoms. The van der Waals surface area contributed by atoms with Crippen LogP contribution >= 0.6 is 11.6 Å². The van der Waals surface area contributed by atoms with E-state index in [-0.39, 0.29) is 5.91 Å². The highest BCUT2D eigenvalue weighted by atomic mass is 35.5. The van der Waals surface area contributed by atoms with Gasteiger partial charge in [-0.2, -0.15) is 0 Å². The summed E-state index contributed by atoms with van der Waals surface area (Å²) in [7, 11) is 0. The molecule has 0 saturated heterocycles. The number of amides is 1. The molecule has 3 rings (SSSR count). The van der Waals surface area contributed by atoms with Crippen molar-refractivity contribution in [3.05, 3.63) is 58.9 Å². The van der Waals surface area contributed by atoms with Crippen LogP contribution in [0.2, 0.25) is 5.02 Å². The molecule has 0 aliphatic heterocycles. The third-order valence-electron chi connectivity index (χ3n) is 5.42. The van der Waals surface area contributed by atoms with Gasteiger partial charge in [0, 0.05) is 29.5 Å². The van der Waals surface area contributed by atoms with Crippen molar-refractivity contribution in [1.82, 2.24) is 14.8 Å². The van der Waals surface area contributed by atoms with Crippen LogP contribution in [0.5, 0.6) is 0 Å². The van der Waals surface area contributed by atoms with Gasteiger partial charge in [0.2, 0.25) is 5.91 Å². The summed E-state index contributed by atoms with van der Waals surface area (Å²) in [6.07, 6.45) is 8.03. The molecule has 1 N–H and O–H groups in total. The van der Waals surface area contributed by atoms with Crippen LogP contribution in [0.25, 0.3) is 0 Å². The van der Waals surface area contributed by atoms with Crippen LogP contribution in [-0.2, 0) is 17.9 Å². The van der Waals surface area contributed by atoms with Crippen molar-refractivity contribution < 1.29 is 4.79 Å². The van der Waals surface area contributed by atoms with Crippen molar-refractivity contribution in [2.24, 2.45) is 0 Å². The Hall–Kier alpha value is -1.78. The number of likely N-dealkylation sites (N-methyl/N-ethyl adjacent to an activating group) is 1.